The van der Waals surface area contributed by atoms with Crippen molar-refractivity contribution in [1.82, 2.24) is 15.2 Å². The van der Waals surface area contributed by atoms with Crippen LogP contribution in [-0.4, -0.2) is 32.4 Å². The largest absolute Gasteiger partial charge is 0.459 e. The monoisotopic (exact) mass is 527 g/mol. The molecule has 1 saturated heterocycles. The fourth-order valence-corrected chi connectivity index (χ4v) is 4.81. The van der Waals surface area contributed by atoms with E-state index < -0.39 is 4.92 Å². The number of nitro groups is 1. The van der Waals surface area contributed by atoms with Gasteiger partial charge in [0.15, 0.2) is 5.11 Å². The second-order valence-electron chi connectivity index (χ2n) is 8.99. The SMILES string of the molecule is Cc1ccc(NC(=O)CCN2C(=S)N[C@@H](c3ccccn3)[C@H]2c2ccc(-c3cccc([N+](=O)[O-])c3)o2)cc1. The number of nitrogens with one attached hydrogen (secondary N) is 2. The van der Waals surface area contributed by atoms with E-state index in [1.165, 1.54) is 12.1 Å². The van der Waals surface area contributed by atoms with Crippen molar-refractivity contribution in [2.75, 3.05) is 11.9 Å². The van der Waals surface area contributed by atoms with E-state index in [2.05, 4.69) is 15.6 Å². The topological polar surface area (TPSA) is 114 Å². The molecule has 4 aromatic rings. The van der Waals surface area contributed by atoms with Crippen molar-refractivity contribution in [3.8, 4) is 11.3 Å². The number of rotatable bonds is 8. The van der Waals surface area contributed by atoms with Crippen molar-refractivity contribution in [1.29, 1.82) is 0 Å². The van der Waals surface area contributed by atoms with Crippen molar-refractivity contribution in [3.63, 3.8) is 0 Å². The lowest BCUT2D eigenvalue weighted by Gasteiger charge is -2.25. The highest BCUT2D eigenvalue weighted by molar-refractivity contribution is 7.80. The molecule has 0 unspecified atom stereocenters. The maximum Gasteiger partial charge on any atom is 0.270 e. The van der Waals surface area contributed by atoms with E-state index in [1.807, 2.05) is 60.4 Å². The third-order valence-electron chi connectivity index (χ3n) is 6.37. The molecule has 1 fully saturated rings. The summed E-state index contributed by atoms with van der Waals surface area (Å²) in [5, 5.41) is 18.0. The summed E-state index contributed by atoms with van der Waals surface area (Å²) in [6.45, 7) is 2.34. The Morgan fingerprint density at radius 2 is 1.95 bits per heavy atom. The number of nitro benzene ring substituents is 1. The van der Waals surface area contributed by atoms with Crippen molar-refractivity contribution in [3.05, 3.63) is 112 Å². The number of anilines is 1. The van der Waals surface area contributed by atoms with Crippen LogP contribution in [0.3, 0.4) is 0 Å². The molecule has 1 aliphatic rings. The van der Waals surface area contributed by atoms with E-state index in [-0.39, 0.29) is 30.1 Å². The van der Waals surface area contributed by atoms with Gasteiger partial charge in [0, 0.05) is 42.5 Å². The van der Waals surface area contributed by atoms with Gasteiger partial charge in [-0.3, -0.25) is 19.9 Å². The van der Waals surface area contributed by atoms with Gasteiger partial charge in [-0.15, -0.1) is 0 Å². The summed E-state index contributed by atoms with van der Waals surface area (Å²) in [6, 6.07) is 22.5. The Morgan fingerprint density at radius 1 is 1.13 bits per heavy atom. The van der Waals surface area contributed by atoms with Crippen molar-refractivity contribution in [2.24, 2.45) is 0 Å². The zero-order valence-electron chi connectivity index (χ0n) is 20.5. The molecule has 1 amide bonds. The number of non-ortho nitro benzene ring substituents is 1. The number of benzene rings is 2. The maximum atomic E-state index is 12.7. The molecule has 192 valence electrons. The number of carbonyl (C=O) groups is 1. The smallest absolute Gasteiger partial charge is 0.270 e. The van der Waals surface area contributed by atoms with Crippen LogP contribution in [0, 0.1) is 17.0 Å². The maximum absolute atomic E-state index is 12.7. The molecule has 1 aliphatic heterocycles. The number of pyridine rings is 1. The van der Waals surface area contributed by atoms with Crippen LogP contribution in [0.15, 0.2) is 89.5 Å². The molecular formula is C28H25N5O4S. The third kappa shape index (κ3) is 5.40. The summed E-state index contributed by atoms with van der Waals surface area (Å²) < 4.78 is 6.24. The highest BCUT2D eigenvalue weighted by atomic mass is 32.1. The predicted molar refractivity (Wildman–Crippen MR) is 147 cm³/mol. The first-order chi connectivity index (χ1) is 18.4. The number of aromatic nitrogens is 1. The first-order valence-electron chi connectivity index (χ1n) is 12.1. The molecule has 2 aromatic carbocycles. The molecule has 3 heterocycles. The summed E-state index contributed by atoms with van der Waals surface area (Å²) in [5.74, 6) is 0.972. The lowest BCUT2D eigenvalue weighted by molar-refractivity contribution is -0.384. The van der Waals surface area contributed by atoms with Crippen LogP contribution < -0.4 is 10.6 Å². The molecule has 0 radical (unpaired) electrons. The standard InChI is InChI=1S/C28H25N5O4S/c1-18-8-10-20(11-9-18)30-25(34)14-16-32-27(26(31-28(32)38)22-7-2-3-15-29-22)24-13-12-23(37-24)19-5-4-6-21(17-19)33(35)36/h2-13,15,17,26-27H,14,16H2,1H3,(H,30,34)(H,31,38)/t26-,27+/m0/s1. The van der Waals surface area contributed by atoms with Gasteiger partial charge in [-0.05, 0) is 55.5 Å². The number of thiocarbonyl (C=S) groups is 1. The first-order valence-corrected chi connectivity index (χ1v) is 12.5. The highest BCUT2D eigenvalue weighted by Crippen LogP contribution is 2.40. The lowest BCUT2D eigenvalue weighted by atomic mass is 10.0. The average Bonchev–Trinajstić information content (AvgIpc) is 3.54. The minimum Gasteiger partial charge on any atom is -0.459 e. The van der Waals surface area contributed by atoms with E-state index in [4.69, 9.17) is 16.6 Å². The molecule has 38 heavy (non-hydrogen) atoms. The van der Waals surface area contributed by atoms with Crippen LogP contribution in [0.1, 0.15) is 35.5 Å². The van der Waals surface area contributed by atoms with Crippen molar-refractivity contribution >= 4 is 34.6 Å². The molecule has 10 heteroatoms. The van der Waals surface area contributed by atoms with Gasteiger partial charge in [0.05, 0.1) is 16.7 Å². The van der Waals surface area contributed by atoms with Gasteiger partial charge < -0.3 is 20.0 Å². The Balaban J connectivity index is 1.40. The van der Waals surface area contributed by atoms with E-state index >= 15 is 0 Å². The molecule has 0 bridgehead atoms. The molecule has 2 aromatic heterocycles. The van der Waals surface area contributed by atoms with Crippen LogP contribution in [0.5, 0.6) is 0 Å². The van der Waals surface area contributed by atoms with Crippen molar-refractivity contribution < 1.29 is 14.1 Å². The number of nitrogens with zero attached hydrogens (tertiary/aromatic N) is 3. The molecule has 2 N–H and O–H groups in total. The molecule has 0 aliphatic carbocycles. The molecule has 0 saturated carbocycles. The van der Waals surface area contributed by atoms with Crippen LogP contribution in [0.2, 0.25) is 0 Å². The second-order valence-corrected chi connectivity index (χ2v) is 9.38. The van der Waals surface area contributed by atoms with Gasteiger partial charge in [-0.25, -0.2) is 0 Å². The van der Waals surface area contributed by atoms with Crippen LogP contribution in [0.25, 0.3) is 11.3 Å². The Hall–Kier alpha value is -4.57. The van der Waals surface area contributed by atoms with Gasteiger partial charge in [0.1, 0.15) is 17.6 Å². The lowest BCUT2D eigenvalue weighted by Crippen LogP contribution is -2.32. The molecular weight excluding hydrogens is 502 g/mol. The van der Waals surface area contributed by atoms with Gasteiger partial charge in [-0.2, -0.15) is 0 Å². The number of hydrogen-bond acceptors (Lipinski definition) is 6. The highest BCUT2D eigenvalue weighted by Gasteiger charge is 2.41. The molecule has 0 spiro atoms. The summed E-state index contributed by atoms with van der Waals surface area (Å²) in [4.78, 5) is 30.0. The normalized spacial score (nSPS) is 16.8. The van der Waals surface area contributed by atoms with Crippen LogP contribution in [-0.2, 0) is 4.79 Å². The average molecular weight is 528 g/mol. The Kier molecular flexibility index (Phi) is 7.14. The zero-order valence-corrected chi connectivity index (χ0v) is 21.4. The quantitative estimate of drug-likeness (QED) is 0.174. The summed E-state index contributed by atoms with van der Waals surface area (Å²) in [5.41, 5.74) is 3.20. The van der Waals surface area contributed by atoms with E-state index in [0.717, 1.165) is 16.9 Å². The van der Waals surface area contributed by atoms with E-state index in [9.17, 15) is 14.9 Å². The fraction of sp³-hybridized carbons (Fsp3) is 0.179. The van der Waals surface area contributed by atoms with Crippen LogP contribution >= 0.6 is 12.2 Å². The Morgan fingerprint density at radius 3 is 2.68 bits per heavy atom. The zero-order chi connectivity index (χ0) is 26.6. The summed E-state index contributed by atoms with van der Waals surface area (Å²) in [6.07, 6.45) is 1.92. The Bertz CT molecular complexity index is 1470. The predicted octanol–water partition coefficient (Wildman–Crippen LogP) is 5.56. The number of amides is 1. The Labute approximate surface area is 224 Å². The number of furan rings is 1. The number of hydrogen-bond donors (Lipinski definition) is 2. The third-order valence-corrected chi connectivity index (χ3v) is 6.73. The van der Waals surface area contributed by atoms with Gasteiger partial charge in [-0.1, -0.05) is 35.9 Å². The number of aryl methyl sites for hydroxylation is 1. The molecule has 5 rings (SSSR count). The van der Waals surface area contributed by atoms with Crippen LogP contribution in [0.4, 0.5) is 11.4 Å². The van der Waals surface area contributed by atoms with Gasteiger partial charge >= 0.3 is 0 Å². The second kappa shape index (κ2) is 10.8. The van der Waals surface area contributed by atoms with Crippen molar-refractivity contribution in [2.45, 2.75) is 25.4 Å². The van der Waals surface area contributed by atoms with E-state index in [0.29, 0.717) is 28.7 Å². The number of carbonyl (C=O) groups excluding carboxylic acids is 1. The molecule has 9 nitrogen and oxygen atoms in total. The fourth-order valence-electron chi connectivity index (χ4n) is 4.48. The first kappa shape index (κ1) is 25.1. The van der Waals surface area contributed by atoms with Gasteiger partial charge in [0.25, 0.3) is 5.69 Å². The van der Waals surface area contributed by atoms with E-state index in [1.54, 1.807) is 24.4 Å². The minimum atomic E-state index is -0.437. The minimum absolute atomic E-state index is 0.0169. The summed E-state index contributed by atoms with van der Waals surface area (Å²) in [7, 11) is 0. The van der Waals surface area contributed by atoms with Gasteiger partial charge in [0.2, 0.25) is 5.91 Å². The molecule has 2 atom stereocenters. The summed E-state index contributed by atoms with van der Waals surface area (Å²) >= 11 is 5.68.